The maximum absolute atomic E-state index is 12.1. The van der Waals surface area contributed by atoms with E-state index >= 15 is 0 Å². The van der Waals surface area contributed by atoms with Crippen LogP contribution in [0.25, 0.3) is 0 Å². The normalized spacial score (nSPS) is 10.3. The third kappa shape index (κ3) is 3.48. The second-order valence-corrected chi connectivity index (χ2v) is 6.02. The molecule has 1 amide bonds. The van der Waals surface area contributed by atoms with Crippen LogP contribution in [-0.4, -0.2) is 10.9 Å². The lowest BCUT2D eigenvalue weighted by Gasteiger charge is -2.09. The zero-order valence-electron chi connectivity index (χ0n) is 9.25. The lowest BCUT2D eigenvalue weighted by molar-refractivity contribution is 0.102. The third-order valence-electron chi connectivity index (χ3n) is 2.26. The first kappa shape index (κ1) is 14.8. The van der Waals surface area contributed by atoms with Crippen LogP contribution in [-0.2, 0) is 0 Å². The molecule has 3 nitrogen and oxygen atoms in total. The highest BCUT2D eigenvalue weighted by Gasteiger charge is 2.12. The number of benzene rings is 1. The van der Waals surface area contributed by atoms with Gasteiger partial charge >= 0.3 is 0 Å². The summed E-state index contributed by atoms with van der Waals surface area (Å²) in [6.07, 6.45) is 1.37. The summed E-state index contributed by atoms with van der Waals surface area (Å²) in [6.45, 7) is 0. The fourth-order valence-electron chi connectivity index (χ4n) is 1.35. The molecule has 0 aliphatic carbocycles. The monoisotopic (exact) mass is 422 g/mol. The number of hydrogen-bond donors (Lipinski definition) is 1. The quantitative estimate of drug-likeness (QED) is 0.676. The summed E-state index contributed by atoms with van der Waals surface area (Å²) >= 11 is 18.3. The van der Waals surface area contributed by atoms with Crippen LogP contribution >= 0.6 is 55.1 Å². The molecule has 0 fully saturated rings. The molecule has 19 heavy (non-hydrogen) atoms. The third-order valence-corrected chi connectivity index (χ3v) is 4.27. The van der Waals surface area contributed by atoms with E-state index in [1.165, 1.54) is 12.3 Å². The minimum Gasteiger partial charge on any atom is -0.320 e. The molecule has 1 aromatic carbocycles. The first-order valence-electron chi connectivity index (χ1n) is 5.05. The van der Waals surface area contributed by atoms with Crippen molar-refractivity contribution in [1.82, 2.24) is 4.98 Å². The Kier molecular flexibility index (Phi) is 4.84. The van der Waals surface area contributed by atoms with Crippen LogP contribution < -0.4 is 5.32 Å². The van der Waals surface area contributed by atoms with E-state index in [0.29, 0.717) is 11.3 Å². The molecule has 0 spiro atoms. The topological polar surface area (TPSA) is 42.0 Å². The predicted octanol–water partition coefficient (Wildman–Crippen LogP) is 5.17. The Hall–Kier alpha value is -0.620. The Bertz CT molecular complexity index is 629. The molecule has 0 saturated carbocycles. The summed E-state index contributed by atoms with van der Waals surface area (Å²) in [5, 5.41) is 3.17. The molecule has 0 unspecified atom stereocenters. The first-order valence-corrected chi connectivity index (χ1v) is 7.39. The van der Waals surface area contributed by atoms with Gasteiger partial charge in [-0.1, -0.05) is 29.3 Å². The number of nitrogens with zero attached hydrogens (tertiary/aromatic N) is 1. The van der Waals surface area contributed by atoms with Crippen LogP contribution in [0.1, 0.15) is 10.4 Å². The number of amides is 1. The summed E-state index contributed by atoms with van der Waals surface area (Å²) in [6, 6.07) is 6.97. The number of para-hydroxylation sites is 1. The zero-order chi connectivity index (χ0) is 14.0. The molecule has 2 rings (SSSR count). The van der Waals surface area contributed by atoms with Gasteiger partial charge in [-0.05, 0) is 50.1 Å². The molecule has 0 bridgehead atoms. The fraction of sp³-hybridized carbons (Fsp3) is 0. The van der Waals surface area contributed by atoms with Gasteiger partial charge in [-0.25, -0.2) is 4.98 Å². The average Bonchev–Trinajstić information content (AvgIpc) is 2.37. The van der Waals surface area contributed by atoms with Gasteiger partial charge in [0.05, 0.1) is 16.3 Å². The van der Waals surface area contributed by atoms with Crippen LogP contribution in [0.15, 0.2) is 39.4 Å². The summed E-state index contributed by atoms with van der Waals surface area (Å²) in [5.74, 6) is -0.321. The maximum atomic E-state index is 12.1. The SMILES string of the molecule is O=C(Nc1c(Br)cccc1Br)c1cnc(Cl)c(Cl)c1. The first-order chi connectivity index (χ1) is 8.99. The van der Waals surface area contributed by atoms with Crippen LogP contribution in [0.2, 0.25) is 10.2 Å². The standard InChI is InChI=1S/C12H6Br2Cl2N2O/c13-7-2-1-3-8(14)10(7)18-12(19)6-4-9(15)11(16)17-5-6/h1-5H,(H,18,19). The maximum Gasteiger partial charge on any atom is 0.257 e. The largest absolute Gasteiger partial charge is 0.320 e. The Morgan fingerprint density at radius 1 is 1.21 bits per heavy atom. The number of halogens is 4. The number of nitrogens with one attached hydrogen (secondary N) is 1. The van der Waals surface area contributed by atoms with E-state index in [1.54, 1.807) is 0 Å². The minimum absolute atomic E-state index is 0.167. The van der Waals surface area contributed by atoms with Gasteiger partial charge in [-0.2, -0.15) is 0 Å². The highest BCUT2D eigenvalue weighted by Crippen LogP contribution is 2.31. The van der Waals surface area contributed by atoms with Crippen LogP contribution in [0, 0.1) is 0 Å². The molecule has 0 radical (unpaired) electrons. The van der Waals surface area contributed by atoms with Gasteiger partial charge in [-0.3, -0.25) is 4.79 Å². The Morgan fingerprint density at radius 2 is 1.84 bits per heavy atom. The van der Waals surface area contributed by atoms with E-state index in [9.17, 15) is 4.79 Å². The van der Waals surface area contributed by atoms with Gasteiger partial charge in [0, 0.05) is 15.1 Å². The van der Waals surface area contributed by atoms with Crippen molar-refractivity contribution in [2.45, 2.75) is 0 Å². The molecule has 1 aromatic heterocycles. The minimum atomic E-state index is -0.321. The van der Waals surface area contributed by atoms with Crippen LogP contribution in [0.5, 0.6) is 0 Å². The van der Waals surface area contributed by atoms with E-state index in [1.807, 2.05) is 18.2 Å². The summed E-state index contributed by atoms with van der Waals surface area (Å²) in [4.78, 5) is 15.9. The highest BCUT2D eigenvalue weighted by molar-refractivity contribution is 9.11. The Labute approximate surface area is 136 Å². The molecule has 0 aliphatic rings. The van der Waals surface area contributed by atoms with E-state index in [0.717, 1.165) is 8.95 Å². The van der Waals surface area contributed by atoms with Crippen molar-refractivity contribution in [2.24, 2.45) is 0 Å². The Balaban J connectivity index is 2.28. The number of carbonyl (C=O) groups excluding carboxylic acids is 1. The van der Waals surface area contributed by atoms with Crippen molar-refractivity contribution in [3.8, 4) is 0 Å². The fourth-order valence-corrected chi connectivity index (χ4v) is 2.81. The molecular formula is C12H6Br2Cl2N2O. The number of rotatable bonds is 2. The van der Waals surface area contributed by atoms with Crippen molar-refractivity contribution >= 4 is 66.7 Å². The average molecular weight is 425 g/mol. The van der Waals surface area contributed by atoms with Gasteiger partial charge in [0.2, 0.25) is 0 Å². The summed E-state index contributed by atoms with van der Waals surface area (Å²) in [5.41, 5.74) is 0.968. The molecule has 98 valence electrons. The van der Waals surface area contributed by atoms with Crippen molar-refractivity contribution < 1.29 is 4.79 Å². The highest BCUT2D eigenvalue weighted by atomic mass is 79.9. The van der Waals surface area contributed by atoms with E-state index in [-0.39, 0.29) is 16.1 Å². The second kappa shape index (κ2) is 6.22. The lowest BCUT2D eigenvalue weighted by Crippen LogP contribution is -2.13. The predicted molar refractivity (Wildman–Crippen MR) is 84.1 cm³/mol. The lowest BCUT2D eigenvalue weighted by atomic mass is 10.2. The molecule has 1 N–H and O–H groups in total. The van der Waals surface area contributed by atoms with Crippen molar-refractivity contribution in [3.63, 3.8) is 0 Å². The van der Waals surface area contributed by atoms with E-state index < -0.39 is 0 Å². The second-order valence-electron chi connectivity index (χ2n) is 3.55. The smallest absolute Gasteiger partial charge is 0.257 e. The van der Waals surface area contributed by atoms with Gasteiger partial charge in [0.15, 0.2) is 0 Å². The molecule has 7 heteroatoms. The molecule has 0 saturated heterocycles. The summed E-state index contributed by atoms with van der Waals surface area (Å²) in [7, 11) is 0. The molecule has 0 aliphatic heterocycles. The number of carbonyl (C=O) groups is 1. The van der Waals surface area contributed by atoms with E-state index in [4.69, 9.17) is 23.2 Å². The number of anilines is 1. The van der Waals surface area contributed by atoms with Gasteiger partial charge in [0.1, 0.15) is 5.15 Å². The van der Waals surface area contributed by atoms with Gasteiger partial charge in [-0.15, -0.1) is 0 Å². The van der Waals surface area contributed by atoms with Crippen LogP contribution in [0.3, 0.4) is 0 Å². The van der Waals surface area contributed by atoms with Crippen molar-refractivity contribution in [3.05, 3.63) is 55.1 Å². The van der Waals surface area contributed by atoms with Crippen molar-refractivity contribution in [2.75, 3.05) is 5.32 Å². The van der Waals surface area contributed by atoms with Crippen LogP contribution in [0.4, 0.5) is 5.69 Å². The molecule has 1 heterocycles. The van der Waals surface area contributed by atoms with Crippen molar-refractivity contribution in [1.29, 1.82) is 0 Å². The molecular weight excluding hydrogens is 419 g/mol. The van der Waals surface area contributed by atoms with Gasteiger partial charge < -0.3 is 5.32 Å². The molecule has 2 aromatic rings. The van der Waals surface area contributed by atoms with E-state index in [2.05, 4.69) is 42.2 Å². The zero-order valence-corrected chi connectivity index (χ0v) is 13.9. The number of hydrogen-bond acceptors (Lipinski definition) is 2. The Morgan fingerprint density at radius 3 is 2.42 bits per heavy atom. The number of aromatic nitrogens is 1. The van der Waals surface area contributed by atoms with Gasteiger partial charge in [0.25, 0.3) is 5.91 Å². The molecule has 0 atom stereocenters. The summed E-state index contributed by atoms with van der Waals surface area (Å²) < 4.78 is 1.53. The number of pyridine rings is 1.